The summed E-state index contributed by atoms with van der Waals surface area (Å²) in [5.74, 6) is 0.980. The third-order valence-electron chi connectivity index (χ3n) is 4.69. The van der Waals surface area contributed by atoms with E-state index in [9.17, 15) is 5.26 Å². The van der Waals surface area contributed by atoms with E-state index in [1.165, 1.54) is 0 Å². The smallest absolute Gasteiger partial charge is 0.235 e. The first-order valence-electron chi connectivity index (χ1n) is 9.12. The summed E-state index contributed by atoms with van der Waals surface area (Å²) in [4.78, 5) is 8.68. The Balaban J connectivity index is 1.47. The van der Waals surface area contributed by atoms with E-state index >= 15 is 0 Å². The van der Waals surface area contributed by atoms with Crippen LogP contribution in [0, 0.1) is 11.3 Å². The summed E-state index contributed by atoms with van der Waals surface area (Å²) >= 11 is 6.10. The highest BCUT2D eigenvalue weighted by atomic mass is 35.5. The van der Waals surface area contributed by atoms with Gasteiger partial charge < -0.3 is 14.2 Å². The summed E-state index contributed by atoms with van der Waals surface area (Å²) in [5.41, 5.74) is 2.48. The molecule has 0 unspecified atom stereocenters. The Morgan fingerprint density at radius 2 is 1.71 bits per heavy atom. The quantitative estimate of drug-likeness (QED) is 0.646. The summed E-state index contributed by atoms with van der Waals surface area (Å²) in [5, 5.41) is 10.2. The van der Waals surface area contributed by atoms with Crippen molar-refractivity contribution in [2.75, 3.05) is 36.0 Å². The number of rotatable bonds is 4. The Morgan fingerprint density at radius 1 is 0.964 bits per heavy atom. The highest BCUT2D eigenvalue weighted by Crippen LogP contribution is 2.26. The van der Waals surface area contributed by atoms with Crippen molar-refractivity contribution < 1.29 is 4.42 Å². The zero-order valence-electron chi connectivity index (χ0n) is 15.3. The van der Waals surface area contributed by atoms with Gasteiger partial charge in [0.2, 0.25) is 17.5 Å². The first kappa shape index (κ1) is 18.1. The van der Waals surface area contributed by atoms with Crippen molar-refractivity contribution in [3.63, 3.8) is 0 Å². The maximum atomic E-state index is 9.46. The first-order chi connectivity index (χ1) is 13.7. The van der Waals surface area contributed by atoms with Crippen LogP contribution < -0.4 is 9.80 Å². The number of benzene rings is 2. The molecule has 5 nitrogen and oxygen atoms in total. The molecule has 1 aliphatic heterocycles. The van der Waals surface area contributed by atoms with Crippen molar-refractivity contribution in [2.24, 2.45) is 0 Å². The maximum Gasteiger partial charge on any atom is 0.235 e. The van der Waals surface area contributed by atoms with Crippen molar-refractivity contribution in [1.82, 2.24) is 4.98 Å². The van der Waals surface area contributed by atoms with Gasteiger partial charge in [0.1, 0.15) is 6.07 Å². The van der Waals surface area contributed by atoms with Gasteiger partial charge in [-0.3, -0.25) is 0 Å². The molecule has 0 N–H and O–H groups in total. The number of aromatic nitrogens is 1. The topological polar surface area (TPSA) is 56.3 Å². The molecule has 28 heavy (non-hydrogen) atoms. The minimum absolute atomic E-state index is 0.323. The molecule has 0 aliphatic carbocycles. The average molecular weight is 391 g/mol. The SMILES string of the molecule is N#Cc1nc(C=Cc2ccccc2)oc1N1CCN(c2cccc(Cl)c2)CC1. The second kappa shape index (κ2) is 8.20. The highest BCUT2D eigenvalue weighted by Gasteiger charge is 2.24. The van der Waals surface area contributed by atoms with Crippen molar-refractivity contribution in [3.05, 3.63) is 76.8 Å². The normalized spacial score (nSPS) is 14.4. The number of anilines is 2. The zero-order chi connectivity index (χ0) is 19.3. The van der Waals surface area contributed by atoms with Crippen LogP contribution >= 0.6 is 11.6 Å². The van der Waals surface area contributed by atoms with Gasteiger partial charge in [0, 0.05) is 43.0 Å². The molecule has 2 aromatic carbocycles. The van der Waals surface area contributed by atoms with Crippen LogP contribution in [0.15, 0.2) is 59.0 Å². The van der Waals surface area contributed by atoms with E-state index in [2.05, 4.69) is 26.9 Å². The summed E-state index contributed by atoms with van der Waals surface area (Å²) in [7, 11) is 0. The Bertz CT molecular complexity index is 1010. The van der Waals surface area contributed by atoms with Crippen LogP contribution in [0.2, 0.25) is 5.02 Å². The van der Waals surface area contributed by atoms with Gasteiger partial charge in [-0.05, 0) is 29.8 Å². The van der Waals surface area contributed by atoms with Crippen LogP contribution in [-0.4, -0.2) is 31.2 Å². The van der Waals surface area contributed by atoms with E-state index in [0.717, 1.165) is 42.5 Å². The Labute approximate surface area is 169 Å². The Hall–Kier alpha value is -3.23. The minimum Gasteiger partial charge on any atom is -0.420 e. The van der Waals surface area contributed by atoms with Crippen molar-refractivity contribution >= 4 is 35.3 Å². The molecule has 6 heteroatoms. The third-order valence-corrected chi connectivity index (χ3v) is 4.92. The molecule has 4 rings (SSSR count). The fraction of sp³-hybridized carbons (Fsp3) is 0.182. The van der Waals surface area contributed by atoms with Crippen LogP contribution in [0.5, 0.6) is 0 Å². The van der Waals surface area contributed by atoms with E-state index in [1.807, 2.05) is 54.6 Å². The molecule has 1 aromatic heterocycles. The number of nitriles is 1. The Kier molecular flexibility index (Phi) is 5.31. The summed E-state index contributed by atoms with van der Waals surface area (Å²) in [6.45, 7) is 3.14. The van der Waals surface area contributed by atoms with Gasteiger partial charge >= 0.3 is 0 Å². The number of halogens is 1. The van der Waals surface area contributed by atoms with Gasteiger partial charge in [-0.15, -0.1) is 0 Å². The second-order valence-corrected chi connectivity index (χ2v) is 6.95. The predicted octanol–water partition coefficient (Wildman–Crippen LogP) is 4.70. The monoisotopic (exact) mass is 390 g/mol. The van der Waals surface area contributed by atoms with E-state index in [-0.39, 0.29) is 0 Å². The molecule has 1 aliphatic rings. The molecule has 2 heterocycles. The Morgan fingerprint density at radius 3 is 2.43 bits per heavy atom. The predicted molar refractivity (Wildman–Crippen MR) is 112 cm³/mol. The molecule has 3 aromatic rings. The van der Waals surface area contributed by atoms with Crippen LogP contribution in [0.25, 0.3) is 12.2 Å². The summed E-state index contributed by atoms with van der Waals surface area (Å²) in [6, 6.07) is 19.9. The number of nitrogens with zero attached hydrogens (tertiary/aromatic N) is 4. The summed E-state index contributed by atoms with van der Waals surface area (Å²) < 4.78 is 5.89. The largest absolute Gasteiger partial charge is 0.420 e. The van der Waals surface area contributed by atoms with Gasteiger partial charge in [0.05, 0.1) is 0 Å². The number of piperazine rings is 1. The molecule has 0 saturated carbocycles. The number of oxazole rings is 1. The lowest BCUT2D eigenvalue weighted by atomic mass is 10.2. The minimum atomic E-state index is 0.323. The number of hydrogen-bond donors (Lipinski definition) is 0. The summed E-state index contributed by atoms with van der Waals surface area (Å²) in [6.07, 6.45) is 3.72. The van der Waals surface area contributed by atoms with Gasteiger partial charge in [-0.25, -0.2) is 0 Å². The molecule has 1 fully saturated rings. The standard InChI is InChI=1S/C22H19ClN4O/c23-18-7-4-8-19(15-18)26-11-13-27(14-12-26)22-20(16-24)25-21(28-22)10-9-17-5-2-1-3-6-17/h1-10,15H,11-14H2. The molecule has 0 atom stereocenters. The molecule has 140 valence electrons. The van der Waals surface area contributed by atoms with Crippen molar-refractivity contribution in [3.8, 4) is 6.07 Å². The molecular formula is C22H19ClN4O. The van der Waals surface area contributed by atoms with E-state index in [0.29, 0.717) is 17.5 Å². The average Bonchev–Trinajstić information content (AvgIpc) is 3.16. The second-order valence-electron chi connectivity index (χ2n) is 6.52. The first-order valence-corrected chi connectivity index (χ1v) is 9.50. The molecule has 1 saturated heterocycles. The van der Waals surface area contributed by atoms with Crippen LogP contribution in [-0.2, 0) is 0 Å². The lowest BCUT2D eigenvalue weighted by molar-refractivity contribution is 0.513. The van der Waals surface area contributed by atoms with Gasteiger partial charge in [-0.1, -0.05) is 48.0 Å². The molecule has 0 amide bonds. The lowest BCUT2D eigenvalue weighted by Gasteiger charge is -2.35. The zero-order valence-corrected chi connectivity index (χ0v) is 16.0. The highest BCUT2D eigenvalue weighted by molar-refractivity contribution is 6.30. The van der Waals surface area contributed by atoms with Crippen LogP contribution in [0.4, 0.5) is 11.6 Å². The van der Waals surface area contributed by atoms with Gasteiger partial charge in [0.15, 0.2) is 0 Å². The molecule has 0 spiro atoms. The molecule has 0 bridgehead atoms. The van der Waals surface area contributed by atoms with E-state index in [1.54, 1.807) is 6.08 Å². The molecule has 0 radical (unpaired) electrons. The fourth-order valence-corrected chi connectivity index (χ4v) is 3.44. The van der Waals surface area contributed by atoms with Gasteiger partial charge in [-0.2, -0.15) is 10.2 Å². The lowest BCUT2D eigenvalue weighted by Crippen LogP contribution is -2.46. The van der Waals surface area contributed by atoms with Crippen LogP contribution in [0.3, 0.4) is 0 Å². The number of hydrogen-bond acceptors (Lipinski definition) is 5. The fourth-order valence-electron chi connectivity index (χ4n) is 3.26. The van der Waals surface area contributed by atoms with E-state index in [4.69, 9.17) is 16.0 Å². The van der Waals surface area contributed by atoms with Crippen LogP contribution in [0.1, 0.15) is 17.1 Å². The van der Waals surface area contributed by atoms with E-state index < -0.39 is 0 Å². The van der Waals surface area contributed by atoms with Gasteiger partial charge in [0.25, 0.3) is 0 Å². The van der Waals surface area contributed by atoms with Crippen molar-refractivity contribution in [1.29, 1.82) is 5.26 Å². The maximum absolute atomic E-state index is 9.46. The third kappa shape index (κ3) is 4.03. The molecular weight excluding hydrogens is 372 g/mol. The van der Waals surface area contributed by atoms with Crippen molar-refractivity contribution in [2.45, 2.75) is 0 Å².